The van der Waals surface area contributed by atoms with Crippen molar-refractivity contribution in [1.82, 2.24) is 14.5 Å². The predicted molar refractivity (Wildman–Crippen MR) is 88.5 cm³/mol. The van der Waals surface area contributed by atoms with Gasteiger partial charge in [-0.1, -0.05) is 0 Å². The molecule has 0 saturated carbocycles. The molecule has 7 heteroatoms. The quantitative estimate of drug-likeness (QED) is 0.828. The molecule has 3 rings (SSSR count). The molecule has 20 heavy (non-hydrogen) atoms. The summed E-state index contributed by atoms with van der Waals surface area (Å²) in [6.07, 6.45) is 0. The molecule has 1 aliphatic rings. The number of imidazole rings is 1. The van der Waals surface area contributed by atoms with E-state index in [0.29, 0.717) is 9.24 Å². The average molecular weight is 376 g/mol. The van der Waals surface area contributed by atoms with E-state index in [1.165, 1.54) is 17.6 Å². The minimum Gasteiger partial charge on any atom is -0.331 e. The number of aromatic amines is 1. The summed E-state index contributed by atoms with van der Waals surface area (Å²) in [7, 11) is 0. The summed E-state index contributed by atoms with van der Waals surface area (Å²) in [4.78, 5) is 5.58. The third-order valence-corrected chi connectivity index (χ3v) is 5.43. The van der Waals surface area contributed by atoms with Crippen molar-refractivity contribution in [3.63, 3.8) is 0 Å². The van der Waals surface area contributed by atoms with E-state index in [1.807, 2.05) is 16.3 Å². The monoisotopic (exact) mass is 375 g/mol. The van der Waals surface area contributed by atoms with Gasteiger partial charge in [0.15, 0.2) is 4.77 Å². The van der Waals surface area contributed by atoms with E-state index in [2.05, 4.69) is 25.8 Å². The van der Waals surface area contributed by atoms with E-state index in [1.54, 1.807) is 6.07 Å². The lowest BCUT2D eigenvalue weighted by molar-refractivity contribution is 0.290. The third-order valence-electron chi connectivity index (χ3n) is 3.56. The molecule has 108 valence electrons. The Kier molecular flexibility index (Phi) is 4.49. The number of nitrogens with one attached hydrogen (secondary N) is 1. The van der Waals surface area contributed by atoms with Gasteiger partial charge in [-0.2, -0.15) is 11.8 Å². The summed E-state index contributed by atoms with van der Waals surface area (Å²) in [6.45, 7) is 4.00. The molecule has 1 aromatic heterocycles. The van der Waals surface area contributed by atoms with Crippen LogP contribution in [-0.4, -0.2) is 45.6 Å². The maximum atomic E-state index is 13.7. The van der Waals surface area contributed by atoms with Gasteiger partial charge in [-0.3, -0.25) is 4.90 Å². The molecule has 1 aliphatic heterocycles. The van der Waals surface area contributed by atoms with E-state index in [0.717, 1.165) is 37.2 Å². The summed E-state index contributed by atoms with van der Waals surface area (Å²) in [5.74, 6) is 2.14. The van der Waals surface area contributed by atoms with Gasteiger partial charge in [-0.05, 0) is 34.2 Å². The zero-order valence-corrected chi connectivity index (χ0v) is 14.1. The Morgan fingerprint density at radius 3 is 2.80 bits per heavy atom. The lowest BCUT2D eigenvalue weighted by Crippen LogP contribution is -2.35. The highest BCUT2D eigenvalue weighted by atomic mass is 79.9. The maximum absolute atomic E-state index is 13.7. The number of aromatic nitrogens is 2. The number of H-pyrrole nitrogens is 1. The second kappa shape index (κ2) is 6.17. The van der Waals surface area contributed by atoms with Crippen LogP contribution in [0.4, 0.5) is 4.39 Å². The topological polar surface area (TPSA) is 24.0 Å². The Morgan fingerprint density at radius 1 is 1.30 bits per heavy atom. The Balaban J connectivity index is 1.85. The maximum Gasteiger partial charge on any atom is 0.178 e. The van der Waals surface area contributed by atoms with E-state index in [-0.39, 0.29) is 5.82 Å². The van der Waals surface area contributed by atoms with Crippen molar-refractivity contribution in [2.75, 3.05) is 31.1 Å². The zero-order valence-electron chi connectivity index (χ0n) is 10.9. The van der Waals surface area contributed by atoms with Crippen molar-refractivity contribution < 1.29 is 4.39 Å². The number of halogens is 2. The number of fused-ring (bicyclic) bond motifs is 1. The average Bonchev–Trinajstić information content (AvgIpc) is 2.73. The number of thioether (sulfide) groups is 1. The van der Waals surface area contributed by atoms with Crippen LogP contribution in [0.1, 0.15) is 0 Å². The van der Waals surface area contributed by atoms with Gasteiger partial charge < -0.3 is 9.55 Å². The number of nitrogens with zero attached hydrogens (tertiary/aromatic N) is 2. The smallest absolute Gasteiger partial charge is 0.178 e. The van der Waals surface area contributed by atoms with Crippen LogP contribution in [0.3, 0.4) is 0 Å². The normalized spacial score (nSPS) is 16.9. The van der Waals surface area contributed by atoms with Crippen LogP contribution in [0, 0.1) is 10.6 Å². The molecule has 0 radical (unpaired) electrons. The Bertz CT molecular complexity index is 676. The molecule has 0 atom stereocenters. The van der Waals surface area contributed by atoms with Gasteiger partial charge in [0.05, 0.1) is 15.5 Å². The molecule has 0 aliphatic carbocycles. The highest BCUT2D eigenvalue weighted by Gasteiger charge is 2.12. The van der Waals surface area contributed by atoms with Crippen LogP contribution >= 0.6 is 39.9 Å². The van der Waals surface area contributed by atoms with E-state index >= 15 is 0 Å². The van der Waals surface area contributed by atoms with Gasteiger partial charge in [0.2, 0.25) is 0 Å². The van der Waals surface area contributed by atoms with Crippen molar-refractivity contribution >= 4 is 50.9 Å². The highest BCUT2D eigenvalue weighted by Crippen LogP contribution is 2.23. The van der Waals surface area contributed by atoms with Crippen LogP contribution in [0.5, 0.6) is 0 Å². The second-order valence-corrected chi connectivity index (χ2v) is 7.29. The molecular weight excluding hydrogens is 361 g/mol. The van der Waals surface area contributed by atoms with Crippen LogP contribution < -0.4 is 0 Å². The van der Waals surface area contributed by atoms with Gasteiger partial charge in [0.1, 0.15) is 5.82 Å². The van der Waals surface area contributed by atoms with Gasteiger partial charge >= 0.3 is 0 Å². The van der Waals surface area contributed by atoms with Crippen molar-refractivity contribution in [3.8, 4) is 0 Å². The van der Waals surface area contributed by atoms with E-state index < -0.39 is 0 Å². The number of benzene rings is 1. The Labute approximate surface area is 134 Å². The molecule has 0 spiro atoms. The molecular formula is C13H15BrFN3S2. The van der Waals surface area contributed by atoms with Gasteiger partial charge in [-0.15, -0.1) is 0 Å². The number of hydrogen-bond acceptors (Lipinski definition) is 3. The summed E-state index contributed by atoms with van der Waals surface area (Å²) < 4.78 is 16.8. The molecule has 1 saturated heterocycles. The van der Waals surface area contributed by atoms with Crippen molar-refractivity contribution in [3.05, 3.63) is 27.2 Å². The van der Waals surface area contributed by atoms with Crippen molar-refractivity contribution in [1.29, 1.82) is 0 Å². The van der Waals surface area contributed by atoms with E-state index in [9.17, 15) is 4.39 Å². The van der Waals surface area contributed by atoms with Crippen LogP contribution in [-0.2, 0) is 6.54 Å². The summed E-state index contributed by atoms with van der Waals surface area (Å²) in [6, 6.07) is 3.28. The first kappa shape index (κ1) is 14.6. The molecule has 0 amide bonds. The fourth-order valence-electron chi connectivity index (χ4n) is 2.44. The second-order valence-electron chi connectivity index (χ2n) is 4.82. The minimum absolute atomic E-state index is 0.255. The third kappa shape index (κ3) is 2.95. The summed E-state index contributed by atoms with van der Waals surface area (Å²) >= 11 is 10.6. The largest absolute Gasteiger partial charge is 0.331 e. The molecule has 1 fully saturated rings. The minimum atomic E-state index is -0.255. The van der Waals surface area contributed by atoms with E-state index in [4.69, 9.17) is 12.2 Å². The first-order valence-corrected chi connectivity index (χ1v) is 8.88. The number of hydrogen-bond donors (Lipinski definition) is 1. The zero-order chi connectivity index (χ0) is 14.1. The fraction of sp³-hybridized carbons (Fsp3) is 0.462. The highest BCUT2D eigenvalue weighted by molar-refractivity contribution is 9.10. The van der Waals surface area contributed by atoms with Crippen molar-refractivity contribution in [2.24, 2.45) is 0 Å². The molecule has 3 nitrogen and oxygen atoms in total. The fourth-order valence-corrected chi connectivity index (χ4v) is 4.06. The van der Waals surface area contributed by atoms with Crippen molar-refractivity contribution in [2.45, 2.75) is 6.54 Å². The SMILES string of the molecule is Fc1cc2c(cc1Br)[nH]c(=S)n2CCN1CCSCC1. The molecule has 0 bridgehead atoms. The number of rotatable bonds is 3. The van der Waals surface area contributed by atoms with Crippen LogP contribution in [0.25, 0.3) is 11.0 Å². The molecule has 1 aromatic carbocycles. The molecule has 0 unspecified atom stereocenters. The van der Waals surface area contributed by atoms with Gasteiger partial charge in [-0.25, -0.2) is 4.39 Å². The lowest BCUT2D eigenvalue weighted by atomic mass is 10.3. The lowest BCUT2D eigenvalue weighted by Gasteiger charge is -2.26. The molecule has 2 heterocycles. The van der Waals surface area contributed by atoms with Gasteiger partial charge in [0, 0.05) is 43.8 Å². The van der Waals surface area contributed by atoms with Crippen LogP contribution in [0.2, 0.25) is 0 Å². The summed E-state index contributed by atoms with van der Waals surface area (Å²) in [5.41, 5.74) is 1.71. The standard InChI is InChI=1S/C13H15BrFN3S2/c14-9-7-11-12(8-10(9)15)18(13(19)16-11)2-1-17-3-5-20-6-4-17/h7-8H,1-6H2,(H,16,19). The van der Waals surface area contributed by atoms with Crippen LogP contribution in [0.15, 0.2) is 16.6 Å². The Hall–Kier alpha value is -0.370. The summed E-state index contributed by atoms with van der Waals surface area (Å²) in [5, 5.41) is 0. The van der Waals surface area contributed by atoms with Gasteiger partial charge in [0.25, 0.3) is 0 Å². The predicted octanol–water partition coefficient (Wildman–Crippen LogP) is 3.65. The first-order chi connectivity index (χ1) is 9.65. The molecule has 1 N–H and O–H groups in total. The first-order valence-electron chi connectivity index (χ1n) is 6.53. The molecule has 2 aromatic rings. The Morgan fingerprint density at radius 2 is 2.05 bits per heavy atom.